The maximum atomic E-state index is 13.3. The molecule has 4 rings (SSSR count). The third kappa shape index (κ3) is 4.06. The smallest absolute Gasteiger partial charge is 0.259 e. The molecule has 0 bridgehead atoms. The molecule has 29 heavy (non-hydrogen) atoms. The zero-order valence-electron chi connectivity index (χ0n) is 16.0. The van der Waals surface area contributed by atoms with Gasteiger partial charge in [-0.2, -0.15) is 0 Å². The lowest BCUT2D eigenvalue weighted by Crippen LogP contribution is -2.42. The maximum Gasteiger partial charge on any atom is 0.259 e. The van der Waals surface area contributed by atoms with Crippen molar-refractivity contribution < 1.29 is 14.3 Å². The van der Waals surface area contributed by atoms with Gasteiger partial charge in [0.1, 0.15) is 12.3 Å². The van der Waals surface area contributed by atoms with Gasteiger partial charge in [0.25, 0.3) is 5.91 Å². The molecule has 0 atom stereocenters. The number of nitrogens with zero attached hydrogens (tertiary/aromatic N) is 1. The minimum absolute atomic E-state index is 0.0279. The van der Waals surface area contributed by atoms with E-state index in [1.807, 2.05) is 54.6 Å². The van der Waals surface area contributed by atoms with Gasteiger partial charge in [-0.15, -0.1) is 0 Å². The van der Waals surface area contributed by atoms with Crippen LogP contribution in [0.2, 0.25) is 0 Å². The fraction of sp³-hybridized carbons (Fsp3) is 0.130. The van der Waals surface area contributed by atoms with Crippen LogP contribution in [-0.4, -0.2) is 25.5 Å². The summed E-state index contributed by atoms with van der Waals surface area (Å²) < 4.78 is 5.39. The van der Waals surface area contributed by atoms with E-state index in [9.17, 15) is 9.59 Å². The van der Waals surface area contributed by atoms with Gasteiger partial charge in [-0.05, 0) is 29.8 Å². The molecular weight excluding hydrogens is 366 g/mol. The van der Waals surface area contributed by atoms with Crippen molar-refractivity contribution in [1.82, 2.24) is 0 Å². The van der Waals surface area contributed by atoms with Crippen molar-refractivity contribution in [1.29, 1.82) is 0 Å². The molecule has 2 amide bonds. The summed E-state index contributed by atoms with van der Waals surface area (Å²) in [5.41, 5.74) is 3.65. The van der Waals surface area contributed by atoms with Crippen molar-refractivity contribution in [2.75, 3.05) is 29.2 Å². The van der Waals surface area contributed by atoms with Crippen LogP contribution in [0.1, 0.15) is 15.9 Å². The van der Waals surface area contributed by atoms with Crippen molar-refractivity contribution in [3.63, 3.8) is 0 Å². The molecule has 0 saturated heterocycles. The van der Waals surface area contributed by atoms with Crippen LogP contribution < -0.4 is 20.3 Å². The number of hydrogen-bond acceptors (Lipinski definition) is 4. The van der Waals surface area contributed by atoms with Crippen LogP contribution in [0.5, 0.6) is 5.75 Å². The average molecular weight is 387 g/mol. The maximum absolute atomic E-state index is 13.3. The molecule has 6 nitrogen and oxygen atoms in total. The van der Waals surface area contributed by atoms with Crippen molar-refractivity contribution in [2.45, 2.75) is 6.54 Å². The van der Waals surface area contributed by atoms with Crippen molar-refractivity contribution in [3.8, 4) is 5.75 Å². The third-order valence-corrected chi connectivity index (χ3v) is 4.74. The van der Waals surface area contributed by atoms with Crippen LogP contribution in [0.4, 0.5) is 17.1 Å². The highest BCUT2D eigenvalue weighted by molar-refractivity contribution is 6.15. The largest absolute Gasteiger partial charge is 0.497 e. The lowest BCUT2D eigenvalue weighted by molar-refractivity contribution is -0.115. The van der Waals surface area contributed by atoms with E-state index < -0.39 is 0 Å². The highest BCUT2D eigenvalue weighted by atomic mass is 16.5. The number of carbonyl (C=O) groups excluding carboxylic acids is 2. The van der Waals surface area contributed by atoms with Gasteiger partial charge in [0.15, 0.2) is 0 Å². The number of benzene rings is 3. The topological polar surface area (TPSA) is 70.7 Å². The van der Waals surface area contributed by atoms with Gasteiger partial charge in [0.05, 0.1) is 18.5 Å². The van der Waals surface area contributed by atoms with Gasteiger partial charge in [-0.25, -0.2) is 0 Å². The molecule has 1 aliphatic rings. The van der Waals surface area contributed by atoms with E-state index in [0.717, 1.165) is 11.3 Å². The van der Waals surface area contributed by atoms with Gasteiger partial charge in [-0.1, -0.05) is 42.5 Å². The van der Waals surface area contributed by atoms with Crippen LogP contribution in [0, 0.1) is 0 Å². The second kappa shape index (κ2) is 8.06. The van der Waals surface area contributed by atoms with Gasteiger partial charge >= 0.3 is 0 Å². The van der Waals surface area contributed by atoms with Crippen molar-refractivity contribution in [3.05, 3.63) is 83.9 Å². The molecule has 1 heterocycles. The molecule has 0 spiro atoms. The number of hydrogen-bond donors (Lipinski definition) is 2. The van der Waals surface area contributed by atoms with Crippen LogP contribution in [-0.2, 0) is 11.3 Å². The van der Waals surface area contributed by atoms with E-state index in [4.69, 9.17) is 4.74 Å². The third-order valence-electron chi connectivity index (χ3n) is 4.74. The second-order valence-electron chi connectivity index (χ2n) is 6.75. The molecule has 6 heteroatoms. The van der Waals surface area contributed by atoms with E-state index in [-0.39, 0.29) is 18.4 Å². The van der Waals surface area contributed by atoms with Crippen molar-refractivity contribution >= 4 is 28.9 Å². The minimum atomic E-state index is -0.256. The lowest BCUT2D eigenvalue weighted by atomic mass is 10.1. The Hall–Kier alpha value is -3.80. The number of anilines is 3. The summed E-state index contributed by atoms with van der Waals surface area (Å²) in [6.07, 6.45) is 0. The number of methoxy groups -OCH3 is 1. The van der Waals surface area contributed by atoms with Crippen LogP contribution in [0.15, 0.2) is 72.8 Å². The molecule has 146 valence electrons. The zero-order valence-corrected chi connectivity index (χ0v) is 16.0. The molecule has 0 aliphatic carbocycles. The molecular formula is C23H21N3O3. The number of para-hydroxylation sites is 2. The first-order valence-corrected chi connectivity index (χ1v) is 9.31. The lowest BCUT2D eigenvalue weighted by Gasteiger charge is -2.29. The Morgan fingerprint density at radius 2 is 1.83 bits per heavy atom. The van der Waals surface area contributed by atoms with E-state index in [2.05, 4.69) is 10.6 Å². The second-order valence-corrected chi connectivity index (χ2v) is 6.75. The first kappa shape index (κ1) is 18.6. The van der Waals surface area contributed by atoms with Crippen molar-refractivity contribution in [2.24, 2.45) is 0 Å². The monoisotopic (exact) mass is 387 g/mol. The number of rotatable bonds is 5. The Morgan fingerprint density at radius 1 is 1.07 bits per heavy atom. The summed E-state index contributed by atoms with van der Waals surface area (Å²) in [5, 5.41) is 6.13. The van der Waals surface area contributed by atoms with E-state index >= 15 is 0 Å². The zero-order chi connectivity index (χ0) is 20.2. The predicted molar refractivity (Wildman–Crippen MR) is 114 cm³/mol. The summed E-state index contributed by atoms with van der Waals surface area (Å²) >= 11 is 0. The van der Waals surface area contributed by atoms with Gasteiger partial charge in [-0.3, -0.25) is 14.5 Å². The summed E-state index contributed by atoms with van der Waals surface area (Å²) in [4.78, 5) is 26.8. The highest BCUT2D eigenvalue weighted by Crippen LogP contribution is 2.31. The Morgan fingerprint density at radius 3 is 2.62 bits per heavy atom. The minimum Gasteiger partial charge on any atom is -0.497 e. The normalized spacial score (nSPS) is 12.7. The van der Waals surface area contributed by atoms with E-state index in [1.54, 1.807) is 25.3 Å². The standard InChI is InChI=1S/C23H21N3O3/c1-29-19-12-17(11-18(13-19)24-14-16-7-3-2-4-8-16)23(28)26-15-22(27)25-20-9-5-6-10-21(20)26/h2-13,24H,14-15H2,1H3,(H,25,27). The number of nitrogens with one attached hydrogen (secondary N) is 2. The first-order valence-electron chi connectivity index (χ1n) is 9.31. The molecule has 3 aromatic rings. The molecule has 0 unspecified atom stereocenters. The summed E-state index contributed by atoms with van der Waals surface area (Å²) in [7, 11) is 1.56. The van der Waals surface area contributed by atoms with Crippen LogP contribution >= 0.6 is 0 Å². The summed E-state index contributed by atoms with van der Waals surface area (Å²) in [5.74, 6) is 0.0949. The van der Waals surface area contributed by atoms with E-state index in [1.165, 1.54) is 4.90 Å². The first-order chi connectivity index (χ1) is 14.1. The fourth-order valence-electron chi connectivity index (χ4n) is 3.31. The molecule has 0 fully saturated rings. The number of carbonyl (C=O) groups is 2. The SMILES string of the molecule is COc1cc(NCc2ccccc2)cc(C(=O)N2CC(=O)Nc3ccccc32)c1. The molecule has 0 radical (unpaired) electrons. The predicted octanol–water partition coefficient (Wildman–Crippen LogP) is 3.91. The Kier molecular flexibility index (Phi) is 5.16. The van der Waals surface area contributed by atoms with Gasteiger partial charge in [0, 0.05) is 23.9 Å². The number of amides is 2. The van der Waals surface area contributed by atoms with Gasteiger partial charge < -0.3 is 15.4 Å². The highest BCUT2D eigenvalue weighted by Gasteiger charge is 2.27. The molecule has 3 aromatic carbocycles. The Balaban J connectivity index is 1.62. The number of ether oxygens (including phenoxy) is 1. The molecule has 2 N–H and O–H groups in total. The molecule has 1 aliphatic heterocycles. The Bertz CT molecular complexity index is 1050. The molecule has 0 saturated carbocycles. The summed E-state index contributed by atoms with van der Waals surface area (Å²) in [6.45, 7) is 0.594. The van der Waals surface area contributed by atoms with E-state index in [0.29, 0.717) is 29.2 Å². The molecule has 0 aromatic heterocycles. The van der Waals surface area contributed by atoms with Gasteiger partial charge in [0.2, 0.25) is 5.91 Å². The van der Waals surface area contributed by atoms with Crippen LogP contribution in [0.3, 0.4) is 0 Å². The fourth-order valence-corrected chi connectivity index (χ4v) is 3.31. The summed E-state index contributed by atoms with van der Waals surface area (Å²) in [6, 6.07) is 22.6. The quantitative estimate of drug-likeness (QED) is 0.696. The average Bonchev–Trinajstić information content (AvgIpc) is 2.77. The number of fused-ring (bicyclic) bond motifs is 1. The van der Waals surface area contributed by atoms with Crippen LogP contribution in [0.25, 0.3) is 0 Å². The Labute approximate surface area is 169 Å².